The van der Waals surface area contributed by atoms with Gasteiger partial charge in [-0.25, -0.2) is 9.78 Å². The molecule has 0 aliphatic heterocycles. The van der Waals surface area contributed by atoms with Crippen molar-refractivity contribution in [3.8, 4) is 0 Å². The Kier molecular flexibility index (Phi) is 4.38. The van der Waals surface area contributed by atoms with Crippen LogP contribution in [0.2, 0.25) is 5.15 Å². The molecule has 0 atom stereocenters. The Balaban J connectivity index is 2.72. The minimum absolute atomic E-state index is 0.327. The van der Waals surface area contributed by atoms with Gasteiger partial charge in [-0.05, 0) is 19.4 Å². The SMILES string of the molecule is CCCc1c(Cl)nc2ccccc2c1C(=O)OCC. The molecular weight excluding hydrogens is 262 g/mol. The molecule has 100 valence electrons. The van der Waals surface area contributed by atoms with Crippen molar-refractivity contribution in [1.29, 1.82) is 0 Å². The van der Waals surface area contributed by atoms with Crippen LogP contribution in [0.5, 0.6) is 0 Å². The van der Waals surface area contributed by atoms with Crippen molar-refractivity contribution >= 4 is 28.5 Å². The van der Waals surface area contributed by atoms with E-state index in [1.54, 1.807) is 6.92 Å². The van der Waals surface area contributed by atoms with E-state index in [0.717, 1.165) is 22.9 Å². The number of para-hydroxylation sites is 1. The molecule has 0 radical (unpaired) electrons. The summed E-state index contributed by atoms with van der Waals surface area (Å²) in [5, 5.41) is 1.19. The molecule has 0 saturated carbocycles. The number of ether oxygens (including phenoxy) is 1. The highest BCUT2D eigenvalue weighted by Crippen LogP contribution is 2.28. The lowest BCUT2D eigenvalue weighted by atomic mass is 10.0. The van der Waals surface area contributed by atoms with Crippen molar-refractivity contribution in [2.45, 2.75) is 26.7 Å². The highest BCUT2D eigenvalue weighted by atomic mass is 35.5. The summed E-state index contributed by atoms with van der Waals surface area (Å²) < 4.78 is 5.15. The topological polar surface area (TPSA) is 39.2 Å². The van der Waals surface area contributed by atoms with Gasteiger partial charge in [0.25, 0.3) is 0 Å². The molecule has 1 aromatic heterocycles. The molecule has 19 heavy (non-hydrogen) atoms. The van der Waals surface area contributed by atoms with E-state index in [-0.39, 0.29) is 5.97 Å². The van der Waals surface area contributed by atoms with Crippen molar-refractivity contribution in [1.82, 2.24) is 4.98 Å². The van der Waals surface area contributed by atoms with Crippen molar-refractivity contribution < 1.29 is 9.53 Å². The second kappa shape index (κ2) is 6.02. The van der Waals surface area contributed by atoms with Gasteiger partial charge in [-0.2, -0.15) is 0 Å². The highest BCUT2D eigenvalue weighted by molar-refractivity contribution is 6.31. The van der Waals surface area contributed by atoms with Crippen molar-refractivity contribution in [2.24, 2.45) is 0 Å². The van der Waals surface area contributed by atoms with E-state index in [9.17, 15) is 4.79 Å². The van der Waals surface area contributed by atoms with Gasteiger partial charge in [0.15, 0.2) is 0 Å². The van der Waals surface area contributed by atoms with Crippen LogP contribution in [0.15, 0.2) is 24.3 Å². The van der Waals surface area contributed by atoms with E-state index in [2.05, 4.69) is 4.98 Å². The lowest BCUT2D eigenvalue weighted by Crippen LogP contribution is -2.10. The third kappa shape index (κ3) is 2.71. The summed E-state index contributed by atoms with van der Waals surface area (Å²) in [6.07, 6.45) is 1.61. The van der Waals surface area contributed by atoms with E-state index in [4.69, 9.17) is 16.3 Å². The third-order valence-corrected chi connectivity index (χ3v) is 3.23. The number of pyridine rings is 1. The largest absolute Gasteiger partial charge is 0.462 e. The summed E-state index contributed by atoms with van der Waals surface area (Å²) in [4.78, 5) is 16.6. The molecule has 1 aromatic carbocycles. The lowest BCUT2D eigenvalue weighted by Gasteiger charge is -2.12. The van der Waals surface area contributed by atoms with E-state index >= 15 is 0 Å². The van der Waals surface area contributed by atoms with E-state index in [1.165, 1.54) is 0 Å². The summed E-state index contributed by atoms with van der Waals surface area (Å²) in [7, 11) is 0. The van der Waals surface area contributed by atoms with E-state index < -0.39 is 0 Å². The first-order chi connectivity index (χ1) is 9.19. The molecule has 0 bridgehead atoms. The lowest BCUT2D eigenvalue weighted by molar-refractivity contribution is 0.0527. The average molecular weight is 278 g/mol. The first-order valence-electron chi connectivity index (χ1n) is 6.43. The molecule has 0 N–H and O–H groups in total. The zero-order valence-electron chi connectivity index (χ0n) is 11.1. The summed E-state index contributed by atoms with van der Waals surface area (Å²) in [5.74, 6) is -0.327. The Bertz CT molecular complexity index is 610. The van der Waals surface area contributed by atoms with Crippen LogP contribution < -0.4 is 0 Å². The Labute approximate surface area is 117 Å². The summed E-state index contributed by atoms with van der Waals surface area (Å²) in [5.41, 5.74) is 2.05. The molecule has 0 aliphatic rings. The molecule has 0 amide bonds. The van der Waals surface area contributed by atoms with Crippen LogP contribution in [0, 0.1) is 0 Å². The van der Waals surface area contributed by atoms with Gasteiger partial charge in [-0.1, -0.05) is 43.1 Å². The average Bonchev–Trinajstić information content (AvgIpc) is 2.40. The number of rotatable bonds is 4. The van der Waals surface area contributed by atoms with Crippen LogP contribution >= 0.6 is 11.6 Å². The Morgan fingerprint density at radius 1 is 1.32 bits per heavy atom. The van der Waals surface area contributed by atoms with Gasteiger partial charge in [0.1, 0.15) is 5.15 Å². The maximum absolute atomic E-state index is 12.2. The van der Waals surface area contributed by atoms with Gasteiger partial charge in [-0.3, -0.25) is 0 Å². The number of carbonyl (C=O) groups is 1. The molecule has 0 fully saturated rings. The molecule has 2 rings (SSSR count). The number of hydrogen-bond acceptors (Lipinski definition) is 3. The predicted molar refractivity (Wildman–Crippen MR) is 76.7 cm³/mol. The first kappa shape index (κ1) is 13.8. The molecule has 0 unspecified atom stereocenters. The molecule has 1 heterocycles. The zero-order valence-corrected chi connectivity index (χ0v) is 11.8. The molecule has 0 aliphatic carbocycles. The fourth-order valence-electron chi connectivity index (χ4n) is 2.14. The molecule has 4 heteroatoms. The van der Waals surface area contributed by atoms with Gasteiger partial charge in [0, 0.05) is 10.9 Å². The standard InChI is InChI=1S/C15H16ClNO2/c1-3-7-11-13(15(18)19-4-2)10-8-5-6-9-12(10)17-14(11)16/h5-6,8-9H,3-4,7H2,1-2H3. The Morgan fingerprint density at radius 3 is 2.74 bits per heavy atom. The fraction of sp³-hybridized carbons (Fsp3) is 0.333. The van der Waals surface area contributed by atoms with Gasteiger partial charge in [0.05, 0.1) is 17.7 Å². The predicted octanol–water partition coefficient (Wildman–Crippen LogP) is 4.02. The number of fused-ring (bicyclic) bond motifs is 1. The third-order valence-electron chi connectivity index (χ3n) is 2.92. The van der Waals surface area contributed by atoms with Gasteiger partial charge >= 0.3 is 5.97 Å². The van der Waals surface area contributed by atoms with Gasteiger partial charge in [-0.15, -0.1) is 0 Å². The molecule has 0 saturated heterocycles. The number of halogens is 1. The number of esters is 1. The van der Waals surface area contributed by atoms with Crippen LogP contribution in [0.1, 0.15) is 36.2 Å². The number of nitrogens with zero attached hydrogens (tertiary/aromatic N) is 1. The summed E-state index contributed by atoms with van der Waals surface area (Å²) in [6, 6.07) is 7.49. The normalized spacial score (nSPS) is 10.7. The van der Waals surface area contributed by atoms with Gasteiger partial charge in [0.2, 0.25) is 0 Å². The van der Waals surface area contributed by atoms with Crippen molar-refractivity contribution in [2.75, 3.05) is 6.61 Å². The number of hydrogen-bond donors (Lipinski definition) is 0. The number of carbonyl (C=O) groups excluding carboxylic acids is 1. The molecule has 2 aromatic rings. The smallest absolute Gasteiger partial charge is 0.339 e. The van der Waals surface area contributed by atoms with Crippen LogP contribution in [0.3, 0.4) is 0 Å². The minimum Gasteiger partial charge on any atom is -0.462 e. The maximum Gasteiger partial charge on any atom is 0.339 e. The quantitative estimate of drug-likeness (QED) is 0.626. The second-order valence-corrected chi connectivity index (χ2v) is 4.60. The number of benzene rings is 1. The second-order valence-electron chi connectivity index (χ2n) is 4.24. The minimum atomic E-state index is -0.327. The van der Waals surface area contributed by atoms with E-state index in [0.29, 0.717) is 23.7 Å². The zero-order chi connectivity index (χ0) is 13.8. The Morgan fingerprint density at radius 2 is 2.05 bits per heavy atom. The fourth-order valence-corrected chi connectivity index (χ4v) is 2.42. The van der Waals surface area contributed by atoms with Crippen LogP contribution in [0.4, 0.5) is 0 Å². The molecular formula is C15H16ClNO2. The van der Waals surface area contributed by atoms with Crippen LogP contribution in [0.25, 0.3) is 10.9 Å². The van der Waals surface area contributed by atoms with Crippen LogP contribution in [-0.4, -0.2) is 17.6 Å². The van der Waals surface area contributed by atoms with Crippen molar-refractivity contribution in [3.63, 3.8) is 0 Å². The van der Waals surface area contributed by atoms with Crippen LogP contribution in [-0.2, 0) is 11.2 Å². The summed E-state index contributed by atoms with van der Waals surface area (Å²) in [6.45, 7) is 4.18. The highest BCUT2D eigenvalue weighted by Gasteiger charge is 2.20. The maximum atomic E-state index is 12.2. The number of aromatic nitrogens is 1. The van der Waals surface area contributed by atoms with Crippen molar-refractivity contribution in [3.05, 3.63) is 40.5 Å². The van der Waals surface area contributed by atoms with E-state index in [1.807, 2.05) is 31.2 Å². The Hall–Kier alpha value is -1.61. The first-order valence-corrected chi connectivity index (χ1v) is 6.81. The van der Waals surface area contributed by atoms with Gasteiger partial charge < -0.3 is 4.74 Å². The summed E-state index contributed by atoms with van der Waals surface area (Å²) >= 11 is 6.21. The molecule has 0 spiro atoms. The monoisotopic (exact) mass is 277 g/mol. The molecule has 3 nitrogen and oxygen atoms in total.